The van der Waals surface area contributed by atoms with Crippen LogP contribution in [0.3, 0.4) is 0 Å². The summed E-state index contributed by atoms with van der Waals surface area (Å²) < 4.78 is 0. The number of halogens is 1. The molecule has 1 fully saturated rings. The molecule has 19 heavy (non-hydrogen) atoms. The Kier molecular flexibility index (Phi) is 5.13. The van der Waals surface area contributed by atoms with Gasteiger partial charge in [-0.05, 0) is 42.7 Å². The van der Waals surface area contributed by atoms with Crippen LogP contribution in [0.1, 0.15) is 30.1 Å². The zero-order valence-electron chi connectivity index (χ0n) is 11.0. The standard InChI is InChI=1S/C14H19ClN2OS/c1-2-19-13-6-5-10(15)7-11(13)14(18)17-12(8-16)9-3-4-9/h5-7,9,12H,2-4,8,16H2,1H3,(H,17,18). The minimum Gasteiger partial charge on any atom is -0.348 e. The van der Waals surface area contributed by atoms with Gasteiger partial charge < -0.3 is 11.1 Å². The van der Waals surface area contributed by atoms with Crippen LogP contribution in [0.4, 0.5) is 0 Å². The molecule has 3 N–H and O–H groups in total. The largest absolute Gasteiger partial charge is 0.348 e. The molecule has 0 radical (unpaired) electrons. The molecular formula is C14H19ClN2OS. The second-order valence-corrected chi connectivity index (χ2v) is 6.47. The van der Waals surface area contributed by atoms with Gasteiger partial charge in [-0.3, -0.25) is 4.79 Å². The Morgan fingerprint density at radius 1 is 1.58 bits per heavy atom. The van der Waals surface area contributed by atoms with Crippen molar-refractivity contribution in [2.45, 2.75) is 30.7 Å². The Morgan fingerprint density at radius 2 is 2.32 bits per heavy atom. The van der Waals surface area contributed by atoms with Crippen LogP contribution in [-0.4, -0.2) is 24.2 Å². The van der Waals surface area contributed by atoms with Gasteiger partial charge in [0.2, 0.25) is 0 Å². The van der Waals surface area contributed by atoms with E-state index in [-0.39, 0.29) is 11.9 Å². The number of hydrogen-bond acceptors (Lipinski definition) is 3. The summed E-state index contributed by atoms with van der Waals surface area (Å²) in [5.41, 5.74) is 6.37. The monoisotopic (exact) mass is 298 g/mol. The van der Waals surface area contributed by atoms with E-state index in [9.17, 15) is 4.79 Å². The fourth-order valence-corrected chi connectivity index (χ4v) is 3.03. The maximum Gasteiger partial charge on any atom is 0.252 e. The average molecular weight is 299 g/mol. The van der Waals surface area contributed by atoms with Gasteiger partial charge >= 0.3 is 0 Å². The highest BCUT2D eigenvalue weighted by atomic mass is 35.5. The van der Waals surface area contributed by atoms with Gasteiger partial charge in [-0.15, -0.1) is 11.8 Å². The Morgan fingerprint density at radius 3 is 2.89 bits per heavy atom. The van der Waals surface area contributed by atoms with Crippen LogP contribution < -0.4 is 11.1 Å². The van der Waals surface area contributed by atoms with E-state index in [0.29, 0.717) is 23.0 Å². The summed E-state index contributed by atoms with van der Waals surface area (Å²) in [6.07, 6.45) is 2.32. The van der Waals surface area contributed by atoms with Gasteiger partial charge in [-0.2, -0.15) is 0 Å². The Hall–Kier alpha value is -0.710. The minimum absolute atomic E-state index is 0.0687. The SMILES string of the molecule is CCSc1ccc(Cl)cc1C(=O)NC(CN)C1CC1. The summed E-state index contributed by atoms with van der Waals surface area (Å²) in [7, 11) is 0. The normalized spacial score (nSPS) is 16.2. The van der Waals surface area contributed by atoms with Crippen molar-refractivity contribution in [1.29, 1.82) is 0 Å². The number of hydrogen-bond donors (Lipinski definition) is 2. The Bertz CT molecular complexity index is 463. The fourth-order valence-electron chi connectivity index (χ4n) is 2.07. The number of nitrogens with two attached hydrogens (primary N) is 1. The van der Waals surface area contributed by atoms with Crippen LogP contribution in [0.5, 0.6) is 0 Å². The first-order valence-electron chi connectivity index (χ1n) is 6.59. The Labute approximate surface area is 123 Å². The van der Waals surface area contributed by atoms with E-state index >= 15 is 0 Å². The highest BCUT2D eigenvalue weighted by Gasteiger charge is 2.31. The van der Waals surface area contributed by atoms with Gasteiger partial charge in [0, 0.05) is 22.5 Å². The summed E-state index contributed by atoms with van der Waals surface area (Å²) in [4.78, 5) is 13.3. The molecule has 5 heteroatoms. The first-order valence-corrected chi connectivity index (χ1v) is 7.95. The van der Waals surface area contributed by atoms with Crippen LogP contribution in [-0.2, 0) is 0 Å². The van der Waals surface area contributed by atoms with Gasteiger partial charge in [0.1, 0.15) is 0 Å². The van der Waals surface area contributed by atoms with Crippen LogP contribution in [0, 0.1) is 5.92 Å². The van der Waals surface area contributed by atoms with E-state index in [1.165, 1.54) is 0 Å². The maximum atomic E-state index is 12.4. The molecule has 2 rings (SSSR count). The molecule has 1 aliphatic rings. The zero-order chi connectivity index (χ0) is 13.8. The molecule has 104 valence electrons. The molecule has 1 amide bonds. The number of amides is 1. The van der Waals surface area contributed by atoms with Crippen molar-refractivity contribution in [2.24, 2.45) is 11.7 Å². The maximum absolute atomic E-state index is 12.4. The number of carbonyl (C=O) groups is 1. The molecule has 1 unspecified atom stereocenters. The predicted octanol–water partition coefficient (Wildman–Crippen LogP) is 2.92. The van der Waals surface area contributed by atoms with E-state index in [1.54, 1.807) is 17.8 Å². The highest BCUT2D eigenvalue weighted by molar-refractivity contribution is 7.99. The van der Waals surface area contributed by atoms with Crippen molar-refractivity contribution in [3.63, 3.8) is 0 Å². The topological polar surface area (TPSA) is 55.1 Å². The Balaban J connectivity index is 2.14. The van der Waals surface area contributed by atoms with Gasteiger partial charge in [-0.25, -0.2) is 0 Å². The molecule has 0 aromatic heterocycles. The molecular weight excluding hydrogens is 280 g/mol. The van der Waals surface area contributed by atoms with Gasteiger partial charge in [0.25, 0.3) is 5.91 Å². The number of carbonyl (C=O) groups excluding carboxylic acids is 1. The van der Waals surface area contributed by atoms with Gasteiger partial charge in [0.15, 0.2) is 0 Å². The number of benzene rings is 1. The molecule has 1 atom stereocenters. The summed E-state index contributed by atoms with van der Waals surface area (Å²) in [6, 6.07) is 5.54. The molecule has 1 aromatic carbocycles. The summed E-state index contributed by atoms with van der Waals surface area (Å²) in [5.74, 6) is 1.40. The van der Waals surface area contributed by atoms with E-state index in [0.717, 1.165) is 23.5 Å². The molecule has 0 heterocycles. The second kappa shape index (κ2) is 6.64. The lowest BCUT2D eigenvalue weighted by Gasteiger charge is -2.17. The van der Waals surface area contributed by atoms with Crippen molar-refractivity contribution in [2.75, 3.05) is 12.3 Å². The van der Waals surface area contributed by atoms with Crippen molar-refractivity contribution >= 4 is 29.3 Å². The molecule has 0 aliphatic heterocycles. The second-order valence-electron chi connectivity index (χ2n) is 4.73. The summed E-state index contributed by atoms with van der Waals surface area (Å²) >= 11 is 7.64. The lowest BCUT2D eigenvalue weighted by Crippen LogP contribution is -2.41. The molecule has 0 saturated heterocycles. The van der Waals surface area contributed by atoms with Crippen molar-refractivity contribution in [1.82, 2.24) is 5.32 Å². The third-order valence-corrected chi connectivity index (χ3v) is 4.44. The molecule has 3 nitrogen and oxygen atoms in total. The van der Waals surface area contributed by atoms with Crippen molar-refractivity contribution in [3.8, 4) is 0 Å². The quantitative estimate of drug-likeness (QED) is 0.794. The third kappa shape index (κ3) is 3.88. The van der Waals surface area contributed by atoms with Crippen LogP contribution in [0.15, 0.2) is 23.1 Å². The number of nitrogens with one attached hydrogen (secondary N) is 1. The van der Waals surface area contributed by atoms with Gasteiger partial charge in [0.05, 0.1) is 5.56 Å². The van der Waals surface area contributed by atoms with E-state index < -0.39 is 0 Å². The van der Waals surface area contributed by atoms with Crippen LogP contribution in [0.2, 0.25) is 5.02 Å². The summed E-state index contributed by atoms with van der Waals surface area (Å²) in [5, 5.41) is 3.62. The molecule has 1 saturated carbocycles. The molecule has 1 aromatic rings. The molecule has 0 spiro atoms. The average Bonchev–Trinajstić information content (AvgIpc) is 3.22. The summed E-state index contributed by atoms with van der Waals surface area (Å²) in [6.45, 7) is 2.56. The number of thioether (sulfide) groups is 1. The first kappa shape index (κ1) is 14.7. The zero-order valence-corrected chi connectivity index (χ0v) is 12.6. The molecule has 1 aliphatic carbocycles. The van der Waals surface area contributed by atoms with E-state index in [4.69, 9.17) is 17.3 Å². The lowest BCUT2D eigenvalue weighted by atomic mass is 10.1. The minimum atomic E-state index is -0.0687. The van der Waals surface area contributed by atoms with Crippen molar-refractivity contribution in [3.05, 3.63) is 28.8 Å². The fraction of sp³-hybridized carbons (Fsp3) is 0.500. The number of rotatable bonds is 6. The van der Waals surface area contributed by atoms with Crippen LogP contribution >= 0.6 is 23.4 Å². The van der Waals surface area contributed by atoms with E-state index in [1.807, 2.05) is 12.1 Å². The van der Waals surface area contributed by atoms with E-state index in [2.05, 4.69) is 12.2 Å². The van der Waals surface area contributed by atoms with Gasteiger partial charge in [-0.1, -0.05) is 18.5 Å². The smallest absolute Gasteiger partial charge is 0.252 e. The van der Waals surface area contributed by atoms with Crippen molar-refractivity contribution < 1.29 is 4.79 Å². The third-order valence-electron chi connectivity index (χ3n) is 3.25. The van der Waals surface area contributed by atoms with Crippen LogP contribution in [0.25, 0.3) is 0 Å². The first-order chi connectivity index (χ1) is 9.15. The molecule has 0 bridgehead atoms. The highest BCUT2D eigenvalue weighted by Crippen LogP contribution is 2.33. The lowest BCUT2D eigenvalue weighted by molar-refractivity contribution is 0.0930. The predicted molar refractivity (Wildman–Crippen MR) is 80.9 cm³/mol.